The molecule has 0 aliphatic heterocycles. The predicted octanol–water partition coefficient (Wildman–Crippen LogP) is 4.28. The third kappa shape index (κ3) is 2.98. The first-order valence-electron chi connectivity index (χ1n) is 8.53. The van der Waals surface area contributed by atoms with Gasteiger partial charge in [0.1, 0.15) is 17.0 Å². The van der Waals surface area contributed by atoms with Crippen LogP contribution >= 0.6 is 0 Å². The van der Waals surface area contributed by atoms with Gasteiger partial charge in [0, 0.05) is 22.7 Å². The van der Waals surface area contributed by atoms with Crippen LogP contribution < -0.4 is 14.8 Å². The quantitative estimate of drug-likeness (QED) is 0.742. The molecule has 1 aliphatic carbocycles. The molecule has 1 heterocycles. The topological polar surface area (TPSA) is 73.6 Å². The Kier molecular flexibility index (Phi) is 4.03. The molecule has 0 bridgehead atoms. The van der Waals surface area contributed by atoms with E-state index in [4.69, 9.17) is 13.9 Å². The number of benzene rings is 2. The van der Waals surface area contributed by atoms with E-state index >= 15 is 0 Å². The number of methoxy groups -OCH3 is 2. The molecule has 6 nitrogen and oxygen atoms in total. The number of fused-ring (bicyclic) bond motifs is 1. The second-order valence-electron chi connectivity index (χ2n) is 6.47. The van der Waals surface area contributed by atoms with Gasteiger partial charge < -0.3 is 19.2 Å². The average molecular weight is 352 g/mol. The van der Waals surface area contributed by atoms with Crippen LogP contribution in [-0.4, -0.2) is 25.1 Å². The van der Waals surface area contributed by atoms with Crippen LogP contribution in [0.5, 0.6) is 11.5 Å². The molecule has 1 amide bonds. The normalized spacial score (nSPS) is 13.7. The molecule has 0 radical (unpaired) electrons. The predicted molar refractivity (Wildman–Crippen MR) is 98.2 cm³/mol. The summed E-state index contributed by atoms with van der Waals surface area (Å²) in [6.07, 6.45) is 2.26. The summed E-state index contributed by atoms with van der Waals surface area (Å²) in [4.78, 5) is 17.2. The molecule has 134 valence electrons. The highest BCUT2D eigenvalue weighted by atomic mass is 16.5. The molecule has 1 aromatic heterocycles. The molecule has 0 spiro atoms. The van der Waals surface area contributed by atoms with Gasteiger partial charge in [0.15, 0.2) is 11.5 Å². The van der Waals surface area contributed by atoms with Crippen LogP contribution in [0.2, 0.25) is 0 Å². The lowest BCUT2D eigenvalue weighted by Gasteiger charge is -2.12. The van der Waals surface area contributed by atoms with Crippen LogP contribution in [0.4, 0.5) is 5.69 Å². The van der Waals surface area contributed by atoms with Crippen molar-refractivity contribution in [3.8, 4) is 11.5 Å². The van der Waals surface area contributed by atoms with E-state index in [1.165, 1.54) is 0 Å². The SMILES string of the molecule is COc1cc(C(=O)Nc2ccc3oc(C4CC4)nc3c2)cc(OC)c1C. The lowest BCUT2D eigenvalue weighted by molar-refractivity contribution is 0.102. The zero-order valence-corrected chi connectivity index (χ0v) is 15.0. The fraction of sp³-hybridized carbons (Fsp3) is 0.300. The molecule has 0 saturated heterocycles. The number of nitrogens with zero attached hydrogens (tertiary/aromatic N) is 1. The van der Waals surface area contributed by atoms with Gasteiger partial charge in [-0.1, -0.05) is 0 Å². The summed E-state index contributed by atoms with van der Waals surface area (Å²) in [6, 6.07) is 8.87. The van der Waals surface area contributed by atoms with E-state index in [-0.39, 0.29) is 5.91 Å². The summed E-state index contributed by atoms with van der Waals surface area (Å²) in [5.41, 5.74) is 3.47. The summed E-state index contributed by atoms with van der Waals surface area (Å²) in [6.45, 7) is 1.88. The van der Waals surface area contributed by atoms with Crippen molar-refractivity contribution in [3.63, 3.8) is 0 Å². The van der Waals surface area contributed by atoms with Gasteiger partial charge in [0.05, 0.1) is 14.2 Å². The summed E-state index contributed by atoms with van der Waals surface area (Å²) in [5, 5.41) is 2.89. The number of ether oxygens (including phenoxy) is 2. The van der Waals surface area contributed by atoms with Crippen LogP contribution in [-0.2, 0) is 0 Å². The number of hydrogen-bond acceptors (Lipinski definition) is 5. The Labute approximate surface area is 151 Å². The minimum absolute atomic E-state index is 0.244. The van der Waals surface area contributed by atoms with Gasteiger partial charge in [-0.3, -0.25) is 4.79 Å². The van der Waals surface area contributed by atoms with Gasteiger partial charge in [-0.25, -0.2) is 4.98 Å². The first-order chi connectivity index (χ1) is 12.6. The van der Waals surface area contributed by atoms with Crippen LogP contribution in [0.3, 0.4) is 0 Å². The number of oxazole rings is 1. The van der Waals surface area contributed by atoms with E-state index < -0.39 is 0 Å². The molecular formula is C20H20N2O4. The number of amides is 1. The Morgan fingerprint density at radius 2 is 1.85 bits per heavy atom. The van der Waals surface area contributed by atoms with Gasteiger partial charge in [0.2, 0.25) is 0 Å². The number of hydrogen-bond donors (Lipinski definition) is 1. The van der Waals surface area contributed by atoms with Gasteiger partial charge in [-0.15, -0.1) is 0 Å². The second-order valence-corrected chi connectivity index (χ2v) is 6.47. The zero-order chi connectivity index (χ0) is 18.3. The summed E-state index contributed by atoms with van der Waals surface area (Å²) in [7, 11) is 3.14. The maximum atomic E-state index is 12.7. The highest BCUT2D eigenvalue weighted by molar-refractivity contribution is 6.05. The minimum atomic E-state index is -0.244. The fourth-order valence-corrected chi connectivity index (χ4v) is 2.95. The van der Waals surface area contributed by atoms with Crippen LogP contribution in [0.15, 0.2) is 34.7 Å². The van der Waals surface area contributed by atoms with Gasteiger partial charge in [-0.2, -0.15) is 0 Å². The first-order valence-corrected chi connectivity index (χ1v) is 8.53. The number of carbonyl (C=O) groups is 1. The second kappa shape index (κ2) is 6.37. The van der Waals surface area contributed by atoms with E-state index in [2.05, 4.69) is 10.3 Å². The molecule has 1 fully saturated rings. The molecule has 4 rings (SSSR count). The third-order valence-corrected chi connectivity index (χ3v) is 4.60. The van der Waals surface area contributed by atoms with E-state index in [1.807, 2.05) is 25.1 Å². The largest absolute Gasteiger partial charge is 0.496 e. The summed E-state index contributed by atoms with van der Waals surface area (Å²) < 4.78 is 16.4. The lowest BCUT2D eigenvalue weighted by atomic mass is 10.1. The van der Waals surface area contributed by atoms with Crippen molar-refractivity contribution in [1.82, 2.24) is 4.98 Å². The number of aromatic nitrogens is 1. The standard InChI is InChI=1S/C20H20N2O4/c1-11-17(24-2)8-13(9-18(11)25-3)19(23)21-14-6-7-16-15(10-14)22-20(26-16)12-4-5-12/h6-10,12H,4-5H2,1-3H3,(H,21,23). The number of carbonyl (C=O) groups excluding carboxylic acids is 1. The van der Waals surface area contributed by atoms with Crippen LogP contribution in [0.25, 0.3) is 11.1 Å². The van der Waals surface area contributed by atoms with Crippen LogP contribution in [0.1, 0.15) is 40.6 Å². The highest BCUT2D eigenvalue weighted by Gasteiger charge is 2.28. The molecule has 3 aromatic rings. The fourth-order valence-electron chi connectivity index (χ4n) is 2.95. The van der Waals surface area contributed by atoms with E-state index in [0.29, 0.717) is 28.7 Å². The summed E-state index contributed by atoms with van der Waals surface area (Å²) in [5.74, 6) is 2.21. The molecule has 1 saturated carbocycles. The van der Waals surface area contributed by atoms with E-state index in [9.17, 15) is 4.79 Å². The van der Waals surface area contributed by atoms with Gasteiger partial charge in [0.25, 0.3) is 5.91 Å². The average Bonchev–Trinajstić information content (AvgIpc) is 3.41. The smallest absolute Gasteiger partial charge is 0.255 e. The molecule has 0 unspecified atom stereocenters. The van der Waals surface area contributed by atoms with Crippen molar-refractivity contribution in [3.05, 3.63) is 47.3 Å². The Morgan fingerprint density at radius 1 is 1.15 bits per heavy atom. The lowest BCUT2D eigenvalue weighted by Crippen LogP contribution is -2.12. The first kappa shape index (κ1) is 16.4. The monoisotopic (exact) mass is 352 g/mol. The number of rotatable bonds is 5. The zero-order valence-electron chi connectivity index (χ0n) is 15.0. The van der Waals surface area contributed by atoms with Crippen molar-refractivity contribution in [2.24, 2.45) is 0 Å². The number of anilines is 1. The molecule has 0 atom stereocenters. The Bertz CT molecular complexity index is 964. The van der Waals surface area contributed by atoms with E-state index in [1.54, 1.807) is 26.4 Å². The Balaban J connectivity index is 1.60. The summed E-state index contributed by atoms with van der Waals surface area (Å²) >= 11 is 0. The highest BCUT2D eigenvalue weighted by Crippen LogP contribution is 2.40. The van der Waals surface area contributed by atoms with Gasteiger partial charge in [-0.05, 0) is 50.1 Å². The minimum Gasteiger partial charge on any atom is -0.496 e. The Morgan fingerprint density at radius 3 is 2.46 bits per heavy atom. The van der Waals surface area contributed by atoms with Crippen LogP contribution in [0, 0.1) is 6.92 Å². The molecule has 1 N–H and O–H groups in total. The molecular weight excluding hydrogens is 332 g/mol. The third-order valence-electron chi connectivity index (χ3n) is 4.60. The molecule has 6 heteroatoms. The van der Waals surface area contributed by atoms with E-state index in [0.717, 1.165) is 35.4 Å². The van der Waals surface area contributed by atoms with Crippen molar-refractivity contribution in [2.45, 2.75) is 25.7 Å². The molecule has 2 aromatic carbocycles. The maximum Gasteiger partial charge on any atom is 0.255 e. The van der Waals surface area contributed by atoms with Crippen molar-refractivity contribution >= 4 is 22.7 Å². The maximum absolute atomic E-state index is 12.7. The Hall–Kier alpha value is -3.02. The van der Waals surface area contributed by atoms with Gasteiger partial charge >= 0.3 is 0 Å². The molecule has 1 aliphatic rings. The van der Waals surface area contributed by atoms with Crippen molar-refractivity contribution in [2.75, 3.05) is 19.5 Å². The van der Waals surface area contributed by atoms with Crippen molar-refractivity contribution < 1.29 is 18.7 Å². The number of nitrogens with one attached hydrogen (secondary N) is 1. The molecule has 26 heavy (non-hydrogen) atoms. The van der Waals surface area contributed by atoms with Crippen molar-refractivity contribution in [1.29, 1.82) is 0 Å².